The van der Waals surface area contributed by atoms with Crippen LogP contribution in [0, 0.1) is 5.92 Å². The van der Waals surface area contributed by atoms with E-state index in [1.54, 1.807) is 0 Å². The maximum absolute atomic E-state index is 5.74. The highest BCUT2D eigenvalue weighted by atomic mass is 16.5. The topological polar surface area (TPSA) is 9.23 Å². The lowest BCUT2D eigenvalue weighted by Gasteiger charge is -2.08. The Kier molecular flexibility index (Phi) is 7.55. The van der Waals surface area contributed by atoms with Crippen LogP contribution in [-0.4, -0.2) is 6.61 Å². The van der Waals surface area contributed by atoms with Gasteiger partial charge in [0.25, 0.3) is 0 Å². The van der Waals surface area contributed by atoms with Crippen molar-refractivity contribution in [2.45, 2.75) is 59.3 Å². The molecular weight excluding hydrogens is 220 g/mol. The third-order valence-corrected chi connectivity index (χ3v) is 3.20. The van der Waals surface area contributed by atoms with Gasteiger partial charge in [-0.25, -0.2) is 0 Å². The van der Waals surface area contributed by atoms with Crippen LogP contribution in [0.15, 0.2) is 24.3 Å². The van der Waals surface area contributed by atoms with Crippen LogP contribution in [0.5, 0.6) is 5.75 Å². The highest BCUT2D eigenvalue weighted by Crippen LogP contribution is 2.18. The van der Waals surface area contributed by atoms with E-state index < -0.39 is 0 Å². The number of unbranched alkanes of at least 4 members (excludes halogenated alkanes) is 5. The Morgan fingerprint density at radius 1 is 0.889 bits per heavy atom. The Morgan fingerprint density at radius 3 is 2.11 bits per heavy atom. The van der Waals surface area contributed by atoms with Crippen LogP contribution in [-0.2, 0) is 0 Å². The Labute approximate surface area is 113 Å². The third-order valence-electron chi connectivity index (χ3n) is 3.20. The fourth-order valence-electron chi connectivity index (χ4n) is 1.96. The molecule has 0 saturated carbocycles. The summed E-state index contributed by atoms with van der Waals surface area (Å²) < 4.78 is 5.74. The molecule has 1 rings (SSSR count). The standard InChI is InChI=1S/C17H27O/c1-4-5-6-7-8-9-14-18-17-12-10-16(11-13-17)15(2)3/h10-13H,4-9,14H2,1-3H3. The lowest BCUT2D eigenvalue weighted by molar-refractivity contribution is 0.304. The van der Waals surface area contributed by atoms with Gasteiger partial charge in [0.05, 0.1) is 6.61 Å². The molecule has 0 aliphatic carbocycles. The number of benzene rings is 1. The molecule has 1 nitrogen and oxygen atoms in total. The van der Waals surface area contributed by atoms with Gasteiger partial charge in [0.1, 0.15) is 5.75 Å². The van der Waals surface area contributed by atoms with E-state index in [4.69, 9.17) is 4.74 Å². The van der Waals surface area contributed by atoms with E-state index in [-0.39, 0.29) is 0 Å². The van der Waals surface area contributed by atoms with E-state index in [9.17, 15) is 0 Å². The number of rotatable bonds is 9. The van der Waals surface area contributed by atoms with Gasteiger partial charge in [-0.1, -0.05) is 65.0 Å². The summed E-state index contributed by atoms with van der Waals surface area (Å²) in [4.78, 5) is 0. The average Bonchev–Trinajstić information content (AvgIpc) is 2.38. The molecule has 0 unspecified atom stereocenters. The monoisotopic (exact) mass is 247 g/mol. The molecule has 0 bridgehead atoms. The Bertz CT molecular complexity index is 300. The van der Waals surface area contributed by atoms with Crippen molar-refractivity contribution in [3.63, 3.8) is 0 Å². The van der Waals surface area contributed by atoms with Crippen molar-refractivity contribution >= 4 is 0 Å². The Hall–Kier alpha value is -0.980. The van der Waals surface area contributed by atoms with Gasteiger partial charge in [-0.15, -0.1) is 0 Å². The highest BCUT2D eigenvalue weighted by Gasteiger charge is 1.99. The second kappa shape index (κ2) is 9.02. The number of ether oxygens (including phenoxy) is 1. The molecule has 0 N–H and O–H groups in total. The van der Waals surface area contributed by atoms with Gasteiger partial charge >= 0.3 is 0 Å². The quantitative estimate of drug-likeness (QED) is 0.532. The average molecular weight is 247 g/mol. The van der Waals surface area contributed by atoms with Gasteiger partial charge < -0.3 is 4.74 Å². The molecule has 0 aromatic heterocycles. The molecule has 1 aromatic carbocycles. The minimum Gasteiger partial charge on any atom is -0.494 e. The van der Waals surface area contributed by atoms with Gasteiger partial charge in [-0.05, 0) is 30.0 Å². The molecule has 0 amide bonds. The van der Waals surface area contributed by atoms with E-state index in [1.165, 1.54) is 50.0 Å². The fraction of sp³-hybridized carbons (Fsp3) is 0.588. The molecule has 1 radical (unpaired) electrons. The van der Waals surface area contributed by atoms with E-state index in [2.05, 4.69) is 45.0 Å². The Morgan fingerprint density at radius 2 is 1.50 bits per heavy atom. The minimum absolute atomic E-state index is 0.848. The van der Waals surface area contributed by atoms with Crippen LogP contribution < -0.4 is 4.74 Å². The zero-order valence-electron chi connectivity index (χ0n) is 12.2. The van der Waals surface area contributed by atoms with Gasteiger partial charge in [0.15, 0.2) is 0 Å². The van der Waals surface area contributed by atoms with Crippen LogP contribution in [0.2, 0.25) is 0 Å². The normalized spacial score (nSPS) is 10.9. The van der Waals surface area contributed by atoms with E-state index in [0.29, 0.717) is 0 Å². The second-order valence-corrected chi connectivity index (χ2v) is 5.14. The molecule has 0 fully saturated rings. The Balaban J connectivity index is 2.12. The minimum atomic E-state index is 0.848. The van der Waals surface area contributed by atoms with Gasteiger partial charge in [-0.2, -0.15) is 0 Å². The van der Waals surface area contributed by atoms with E-state index in [1.807, 2.05) is 0 Å². The lowest BCUT2D eigenvalue weighted by atomic mass is 10.0. The second-order valence-electron chi connectivity index (χ2n) is 5.14. The van der Waals surface area contributed by atoms with Crippen molar-refractivity contribution in [3.8, 4) is 5.75 Å². The van der Waals surface area contributed by atoms with Crippen molar-refractivity contribution in [2.75, 3.05) is 6.61 Å². The van der Waals surface area contributed by atoms with Crippen LogP contribution in [0.25, 0.3) is 0 Å². The largest absolute Gasteiger partial charge is 0.494 e. The molecule has 0 atom stereocenters. The summed E-state index contributed by atoms with van der Waals surface area (Å²) in [6.07, 6.45) is 7.87. The molecule has 1 heteroatoms. The zero-order chi connectivity index (χ0) is 13.2. The summed E-state index contributed by atoms with van der Waals surface area (Å²) in [7, 11) is 0. The first-order chi connectivity index (χ1) is 8.74. The van der Waals surface area contributed by atoms with E-state index >= 15 is 0 Å². The third kappa shape index (κ3) is 6.09. The first-order valence-corrected chi connectivity index (χ1v) is 7.27. The summed E-state index contributed by atoms with van der Waals surface area (Å²) >= 11 is 0. The first kappa shape index (κ1) is 15.1. The molecule has 0 aliphatic heterocycles. The fourth-order valence-corrected chi connectivity index (χ4v) is 1.96. The predicted octanol–water partition coefficient (Wildman–Crippen LogP) is 5.39. The smallest absolute Gasteiger partial charge is 0.119 e. The van der Waals surface area contributed by atoms with Gasteiger partial charge in [0.2, 0.25) is 0 Å². The molecule has 0 saturated heterocycles. The van der Waals surface area contributed by atoms with Crippen molar-refractivity contribution in [2.24, 2.45) is 0 Å². The van der Waals surface area contributed by atoms with Crippen LogP contribution in [0.3, 0.4) is 0 Å². The molecule has 0 aliphatic rings. The maximum Gasteiger partial charge on any atom is 0.119 e. The van der Waals surface area contributed by atoms with Gasteiger partial charge in [0, 0.05) is 0 Å². The van der Waals surface area contributed by atoms with Crippen LogP contribution in [0.4, 0.5) is 0 Å². The number of hydrogen-bond donors (Lipinski definition) is 0. The summed E-state index contributed by atoms with van der Waals surface area (Å²) in [5, 5.41) is 0. The van der Waals surface area contributed by atoms with Crippen molar-refractivity contribution in [3.05, 3.63) is 35.7 Å². The SMILES string of the molecule is CCCCCCCCOc1ccc([C](C)C)cc1. The maximum atomic E-state index is 5.74. The summed E-state index contributed by atoms with van der Waals surface area (Å²) in [5.41, 5.74) is 1.29. The van der Waals surface area contributed by atoms with Crippen LogP contribution in [0.1, 0.15) is 64.9 Å². The van der Waals surface area contributed by atoms with E-state index in [0.717, 1.165) is 12.4 Å². The van der Waals surface area contributed by atoms with Gasteiger partial charge in [-0.3, -0.25) is 0 Å². The van der Waals surface area contributed by atoms with Crippen molar-refractivity contribution < 1.29 is 4.74 Å². The highest BCUT2D eigenvalue weighted by molar-refractivity contribution is 5.34. The molecule has 18 heavy (non-hydrogen) atoms. The summed E-state index contributed by atoms with van der Waals surface area (Å²) in [6, 6.07) is 8.40. The molecule has 0 spiro atoms. The predicted molar refractivity (Wildman–Crippen MR) is 79.0 cm³/mol. The lowest BCUT2D eigenvalue weighted by Crippen LogP contribution is -1.97. The molecule has 0 heterocycles. The summed E-state index contributed by atoms with van der Waals surface area (Å²) in [6.45, 7) is 7.36. The first-order valence-electron chi connectivity index (χ1n) is 7.27. The molecule has 1 aromatic rings. The van der Waals surface area contributed by atoms with Crippen LogP contribution >= 0.6 is 0 Å². The number of hydrogen-bond acceptors (Lipinski definition) is 1. The van der Waals surface area contributed by atoms with Crippen molar-refractivity contribution in [1.82, 2.24) is 0 Å². The molecule has 101 valence electrons. The zero-order valence-corrected chi connectivity index (χ0v) is 12.2. The molecular formula is C17H27O. The summed E-state index contributed by atoms with van der Waals surface area (Å²) in [5.74, 6) is 2.34. The van der Waals surface area contributed by atoms with Crippen molar-refractivity contribution in [1.29, 1.82) is 0 Å².